The van der Waals surface area contributed by atoms with Gasteiger partial charge in [-0.25, -0.2) is 0 Å². The minimum atomic E-state index is -0.217. The van der Waals surface area contributed by atoms with Gasteiger partial charge in [0.05, 0.1) is 16.1 Å². The predicted molar refractivity (Wildman–Crippen MR) is 89.8 cm³/mol. The van der Waals surface area contributed by atoms with Crippen LogP contribution in [0.2, 0.25) is 10.0 Å². The van der Waals surface area contributed by atoms with E-state index in [0.29, 0.717) is 34.6 Å². The molecule has 1 unspecified atom stereocenters. The van der Waals surface area contributed by atoms with E-state index in [0.717, 1.165) is 11.3 Å². The van der Waals surface area contributed by atoms with Crippen LogP contribution in [0.25, 0.3) is 0 Å². The fourth-order valence-electron chi connectivity index (χ4n) is 2.33. The third kappa shape index (κ3) is 3.54. The van der Waals surface area contributed by atoms with E-state index >= 15 is 0 Å². The van der Waals surface area contributed by atoms with Crippen LogP contribution >= 0.6 is 23.2 Å². The number of halogens is 2. The number of hydrogen-bond acceptors (Lipinski definition) is 3. The third-order valence-electron chi connectivity index (χ3n) is 3.60. The molecule has 23 heavy (non-hydrogen) atoms. The van der Waals surface area contributed by atoms with Gasteiger partial charge in [0.2, 0.25) is 0 Å². The molecule has 2 aromatic rings. The quantitative estimate of drug-likeness (QED) is 0.898. The summed E-state index contributed by atoms with van der Waals surface area (Å²) < 4.78 is 11.1. The van der Waals surface area contributed by atoms with Crippen molar-refractivity contribution < 1.29 is 14.3 Å². The van der Waals surface area contributed by atoms with E-state index in [1.165, 1.54) is 0 Å². The van der Waals surface area contributed by atoms with Crippen LogP contribution in [0.4, 0.5) is 0 Å². The average Bonchev–Trinajstić information content (AvgIpc) is 2.56. The Morgan fingerprint density at radius 3 is 2.52 bits per heavy atom. The minimum Gasteiger partial charge on any atom is -0.486 e. The summed E-state index contributed by atoms with van der Waals surface area (Å²) in [5.74, 6) is 1.21. The average molecular weight is 352 g/mol. The SMILES string of the molecule is CC(NC(=O)c1ccc(Cl)c(Cl)c1)c1ccc2c(c1)OCCO2. The zero-order valence-electron chi connectivity index (χ0n) is 12.4. The topological polar surface area (TPSA) is 47.6 Å². The van der Waals surface area contributed by atoms with Crippen molar-refractivity contribution in [3.63, 3.8) is 0 Å². The summed E-state index contributed by atoms with van der Waals surface area (Å²) in [6.07, 6.45) is 0. The highest BCUT2D eigenvalue weighted by atomic mass is 35.5. The van der Waals surface area contributed by atoms with Crippen LogP contribution in [-0.4, -0.2) is 19.1 Å². The minimum absolute atomic E-state index is 0.187. The van der Waals surface area contributed by atoms with E-state index in [9.17, 15) is 4.79 Å². The van der Waals surface area contributed by atoms with Crippen LogP contribution in [-0.2, 0) is 0 Å². The molecule has 0 fully saturated rings. The van der Waals surface area contributed by atoms with Gasteiger partial charge in [0.1, 0.15) is 13.2 Å². The maximum absolute atomic E-state index is 12.3. The summed E-state index contributed by atoms with van der Waals surface area (Å²) in [5, 5.41) is 3.70. The molecule has 2 aromatic carbocycles. The van der Waals surface area contributed by atoms with Gasteiger partial charge in [0.15, 0.2) is 11.5 Å². The second-order valence-corrected chi connectivity index (χ2v) is 6.04. The van der Waals surface area contributed by atoms with Crippen LogP contribution in [0, 0.1) is 0 Å². The molecule has 1 amide bonds. The molecule has 0 saturated carbocycles. The van der Waals surface area contributed by atoms with Crippen LogP contribution in [0.15, 0.2) is 36.4 Å². The molecule has 4 nitrogen and oxygen atoms in total. The number of carbonyl (C=O) groups excluding carboxylic acids is 1. The van der Waals surface area contributed by atoms with Gasteiger partial charge in [0, 0.05) is 5.56 Å². The normalized spacial score (nSPS) is 14.2. The van der Waals surface area contributed by atoms with E-state index in [-0.39, 0.29) is 11.9 Å². The van der Waals surface area contributed by atoms with E-state index in [2.05, 4.69) is 5.32 Å². The molecule has 0 radical (unpaired) electrons. The van der Waals surface area contributed by atoms with Crippen LogP contribution in [0.3, 0.4) is 0 Å². The summed E-state index contributed by atoms with van der Waals surface area (Å²) in [7, 11) is 0. The third-order valence-corrected chi connectivity index (χ3v) is 4.33. The van der Waals surface area contributed by atoms with Crippen molar-refractivity contribution in [1.82, 2.24) is 5.32 Å². The van der Waals surface area contributed by atoms with Crippen molar-refractivity contribution in [2.45, 2.75) is 13.0 Å². The second-order valence-electron chi connectivity index (χ2n) is 5.23. The molecule has 0 spiro atoms. The zero-order chi connectivity index (χ0) is 16.4. The van der Waals surface area contributed by atoms with Crippen LogP contribution in [0.1, 0.15) is 28.9 Å². The molecule has 0 aromatic heterocycles. The highest BCUT2D eigenvalue weighted by molar-refractivity contribution is 6.42. The number of carbonyl (C=O) groups is 1. The molecular weight excluding hydrogens is 337 g/mol. The van der Waals surface area contributed by atoms with Gasteiger partial charge in [-0.2, -0.15) is 0 Å². The summed E-state index contributed by atoms with van der Waals surface area (Å²) in [6, 6.07) is 10.3. The molecule has 1 aliphatic rings. The molecule has 120 valence electrons. The number of fused-ring (bicyclic) bond motifs is 1. The first kappa shape index (κ1) is 16.0. The molecule has 1 atom stereocenters. The molecule has 6 heteroatoms. The lowest BCUT2D eigenvalue weighted by atomic mass is 10.1. The lowest BCUT2D eigenvalue weighted by Gasteiger charge is -2.21. The van der Waals surface area contributed by atoms with Crippen molar-refractivity contribution in [2.75, 3.05) is 13.2 Å². The fourth-order valence-corrected chi connectivity index (χ4v) is 2.63. The van der Waals surface area contributed by atoms with Crippen molar-refractivity contribution in [3.8, 4) is 11.5 Å². The summed E-state index contributed by atoms with van der Waals surface area (Å²) in [5.41, 5.74) is 1.39. The van der Waals surface area contributed by atoms with Gasteiger partial charge < -0.3 is 14.8 Å². The van der Waals surface area contributed by atoms with Gasteiger partial charge in [0.25, 0.3) is 5.91 Å². The summed E-state index contributed by atoms with van der Waals surface area (Å²) in [4.78, 5) is 12.3. The Kier molecular flexibility index (Phi) is 4.64. The maximum atomic E-state index is 12.3. The van der Waals surface area contributed by atoms with Gasteiger partial charge in [-0.05, 0) is 42.8 Å². The van der Waals surface area contributed by atoms with Gasteiger partial charge in [-0.3, -0.25) is 4.79 Å². The maximum Gasteiger partial charge on any atom is 0.251 e. The fraction of sp³-hybridized carbons (Fsp3) is 0.235. The highest BCUT2D eigenvalue weighted by Crippen LogP contribution is 2.32. The molecule has 0 aliphatic carbocycles. The zero-order valence-corrected chi connectivity index (χ0v) is 13.9. The highest BCUT2D eigenvalue weighted by Gasteiger charge is 2.16. The van der Waals surface area contributed by atoms with Crippen molar-refractivity contribution in [3.05, 3.63) is 57.6 Å². The molecule has 0 bridgehead atoms. The molecule has 1 aliphatic heterocycles. The number of amides is 1. The first-order valence-corrected chi connectivity index (χ1v) is 7.95. The Bertz CT molecular complexity index is 749. The largest absolute Gasteiger partial charge is 0.486 e. The standard InChI is InChI=1S/C17H15Cl2NO3/c1-10(11-3-5-15-16(9-11)23-7-6-22-15)20-17(21)12-2-4-13(18)14(19)8-12/h2-5,8-10H,6-7H2,1H3,(H,20,21). The first-order chi connectivity index (χ1) is 11.0. The van der Waals surface area contributed by atoms with E-state index in [4.69, 9.17) is 32.7 Å². The Labute approximate surface area is 144 Å². The Morgan fingerprint density at radius 2 is 1.78 bits per heavy atom. The van der Waals surface area contributed by atoms with Crippen molar-refractivity contribution in [2.24, 2.45) is 0 Å². The monoisotopic (exact) mass is 351 g/mol. The lowest BCUT2D eigenvalue weighted by Crippen LogP contribution is -2.26. The Hall–Kier alpha value is -1.91. The van der Waals surface area contributed by atoms with Crippen LogP contribution in [0.5, 0.6) is 11.5 Å². The summed E-state index contributed by atoms with van der Waals surface area (Å²) >= 11 is 11.8. The number of benzene rings is 2. The lowest BCUT2D eigenvalue weighted by molar-refractivity contribution is 0.0939. The molecule has 1 heterocycles. The van der Waals surface area contributed by atoms with E-state index in [1.807, 2.05) is 25.1 Å². The molecule has 0 saturated heterocycles. The van der Waals surface area contributed by atoms with Crippen molar-refractivity contribution in [1.29, 1.82) is 0 Å². The predicted octanol–water partition coefficient (Wildman–Crippen LogP) is 4.26. The summed E-state index contributed by atoms with van der Waals surface area (Å²) in [6.45, 7) is 2.98. The number of nitrogens with one attached hydrogen (secondary N) is 1. The Morgan fingerprint density at radius 1 is 1.04 bits per heavy atom. The first-order valence-electron chi connectivity index (χ1n) is 7.20. The Balaban J connectivity index is 1.74. The molecule has 3 rings (SSSR count). The second kappa shape index (κ2) is 6.69. The number of rotatable bonds is 3. The molecule has 1 N–H and O–H groups in total. The van der Waals surface area contributed by atoms with Crippen LogP contribution < -0.4 is 14.8 Å². The van der Waals surface area contributed by atoms with Gasteiger partial charge in [-0.15, -0.1) is 0 Å². The number of hydrogen-bond donors (Lipinski definition) is 1. The smallest absolute Gasteiger partial charge is 0.251 e. The van der Waals surface area contributed by atoms with Gasteiger partial charge in [-0.1, -0.05) is 29.3 Å². The number of ether oxygens (including phenoxy) is 2. The van der Waals surface area contributed by atoms with Gasteiger partial charge >= 0.3 is 0 Å². The van der Waals surface area contributed by atoms with Crippen molar-refractivity contribution >= 4 is 29.1 Å². The van der Waals surface area contributed by atoms with E-state index in [1.54, 1.807) is 18.2 Å². The molecular formula is C17H15Cl2NO3. The van der Waals surface area contributed by atoms with E-state index < -0.39 is 0 Å².